The number of hydrogen-bond donors (Lipinski definition) is 2. The standard InChI is InChI=1S/C17H18FNO2/c1-11(19-2)17(20)14-8-7-13(18)9-12(14)10-21-16-6-4-3-5-15(16)17/h3-9,11,19-20H,10H2,1-2H3. The molecule has 110 valence electrons. The third kappa shape index (κ3) is 2.11. The number of rotatable bonds is 2. The maximum absolute atomic E-state index is 13.5. The maximum atomic E-state index is 13.5. The fourth-order valence-electron chi connectivity index (χ4n) is 2.94. The molecule has 0 saturated carbocycles. The minimum Gasteiger partial charge on any atom is -0.488 e. The van der Waals surface area contributed by atoms with E-state index in [9.17, 15) is 9.50 Å². The SMILES string of the molecule is CNC(C)C1(O)c2ccc(F)cc2COc2ccccc21. The van der Waals surface area contributed by atoms with Crippen molar-refractivity contribution in [2.24, 2.45) is 0 Å². The minimum absolute atomic E-state index is 0.239. The van der Waals surface area contributed by atoms with Gasteiger partial charge in [0.1, 0.15) is 23.8 Å². The molecule has 2 aromatic carbocycles. The lowest BCUT2D eigenvalue weighted by atomic mass is 9.79. The average Bonchev–Trinajstić information content (AvgIpc) is 2.63. The van der Waals surface area contributed by atoms with Gasteiger partial charge in [-0.3, -0.25) is 0 Å². The first kappa shape index (κ1) is 14.0. The van der Waals surface area contributed by atoms with E-state index in [-0.39, 0.29) is 18.5 Å². The molecule has 3 nitrogen and oxygen atoms in total. The van der Waals surface area contributed by atoms with E-state index in [1.807, 2.05) is 31.2 Å². The molecule has 1 aliphatic rings. The van der Waals surface area contributed by atoms with Crippen molar-refractivity contribution < 1.29 is 14.2 Å². The number of fused-ring (bicyclic) bond motifs is 2. The lowest BCUT2D eigenvalue weighted by Gasteiger charge is -2.35. The summed E-state index contributed by atoms with van der Waals surface area (Å²) in [6.07, 6.45) is 0. The van der Waals surface area contributed by atoms with Gasteiger partial charge in [0.05, 0.1) is 0 Å². The van der Waals surface area contributed by atoms with Gasteiger partial charge in [0.2, 0.25) is 0 Å². The van der Waals surface area contributed by atoms with Gasteiger partial charge in [-0.25, -0.2) is 4.39 Å². The Labute approximate surface area is 123 Å². The molecule has 0 saturated heterocycles. The fraction of sp³-hybridized carbons (Fsp3) is 0.294. The Bertz CT molecular complexity index is 674. The van der Waals surface area contributed by atoms with Crippen LogP contribution in [0.1, 0.15) is 23.6 Å². The van der Waals surface area contributed by atoms with E-state index in [4.69, 9.17) is 4.74 Å². The van der Waals surface area contributed by atoms with E-state index in [1.165, 1.54) is 12.1 Å². The highest BCUT2D eigenvalue weighted by Crippen LogP contribution is 2.42. The number of hydrogen-bond acceptors (Lipinski definition) is 3. The van der Waals surface area contributed by atoms with Crippen molar-refractivity contribution >= 4 is 0 Å². The molecule has 2 aromatic rings. The molecule has 2 unspecified atom stereocenters. The van der Waals surface area contributed by atoms with Crippen molar-refractivity contribution in [2.75, 3.05) is 7.05 Å². The Morgan fingerprint density at radius 2 is 2.00 bits per heavy atom. The van der Waals surface area contributed by atoms with Crippen LogP contribution in [-0.2, 0) is 12.2 Å². The Morgan fingerprint density at radius 1 is 1.24 bits per heavy atom. The van der Waals surface area contributed by atoms with Crippen LogP contribution in [0.25, 0.3) is 0 Å². The molecule has 0 fully saturated rings. The highest BCUT2D eigenvalue weighted by molar-refractivity contribution is 5.50. The summed E-state index contributed by atoms with van der Waals surface area (Å²) in [5.74, 6) is 0.293. The van der Waals surface area contributed by atoms with E-state index in [0.717, 1.165) is 0 Å². The topological polar surface area (TPSA) is 41.5 Å². The van der Waals surface area contributed by atoms with E-state index in [2.05, 4.69) is 5.32 Å². The first-order valence-electron chi connectivity index (χ1n) is 6.98. The van der Waals surface area contributed by atoms with Gasteiger partial charge < -0.3 is 15.2 Å². The molecule has 0 bridgehead atoms. The second-order valence-corrected chi connectivity index (χ2v) is 5.36. The minimum atomic E-state index is -1.27. The summed E-state index contributed by atoms with van der Waals surface area (Å²) in [7, 11) is 1.79. The molecule has 21 heavy (non-hydrogen) atoms. The Hall–Kier alpha value is -1.91. The van der Waals surface area contributed by atoms with Crippen molar-refractivity contribution in [3.05, 3.63) is 65.0 Å². The molecule has 0 aliphatic carbocycles. The van der Waals surface area contributed by atoms with Crippen LogP contribution < -0.4 is 10.1 Å². The zero-order chi connectivity index (χ0) is 15.0. The van der Waals surface area contributed by atoms with Crippen LogP contribution in [-0.4, -0.2) is 18.2 Å². The molecule has 0 spiro atoms. The van der Waals surface area contributed by atoms with Crippen LogP contribution in [0.5, 0.6) is 5.75 Å². The van der Waals surface area contributed by atoms with Crippen molar-refractivity contribution in [3.8, 4) is 5.75 Å². The lowest BCUT2D eigenvalue weighted by molar-refractivity contribution is 0.0460. The van der Waals surface area contributed by atoms with Crippen LogP contribution in [0.15, 0.2) is 42.5 Å². The fourth-order valence-corrected chi connectivity index (χ4v) is 2.94. The molecule has 2 atom stereocenters. The van der Waals surface area contributed by atoms with Gasteiger partial charge in [0.25, 0.3) is 0 Å². The normalized spacial score (nSPS) is 21.7. The second kappa shape index (κ2) is 5.13. The van der Waals surface area contributed by atoms with Crippen molar-refractivity contribution in [1.82, 2.24) is 5.32 Å². The smallest absolute Gasteiger partial charge is 0.133 e. The predicted octanol–water partition coefficient (Wildman–Crippen LogP) is 2.56. The maximum Gasteiger partial charge on any atom is 0.133 e. The Kier molecular flexibility index (Phi) is 3.43. The zero-order valence-electron chi connectivity index (χ0n) is 12.1. The van der Waals surface area contributed by atoms with Crippen molar-refractivity contribution in [1.29, 1.82) is 0 Å². The van der Waals surface area contributed by atoms with E-state index in [1.54, 1.807) is 13.1 Å². The molecule has 4 heteroatoms. The number of likely N-dealkylation sites (N-methyl/N-ethyl adjacent to an activating group) is 1. The number of halogens is 1. The Morgan fingerprint density at radius 3 is 2.76 bits per heavy atom. The summed E-state index contributed by atoms with van der Waals surface area (Å²) in [4.78, 5) is 0. The molecule has 0 aromatic heterocycles. The quantitative estimate of drug-likeness (QED) is 0.892. The summed E-state index contributed by atoms with van der Waals surface area (Å²) in [5, 5.41) is 14.6. The largest absolute Gasteiger partial charge is 0.488 e. The van der Waals surface area contributed by atoms with Gasteiger partial charge in [0.15, 0.2) is 0 Å². The van der Waals surface area contributed by atoms with Crippen LogP contribution in [0.3, 0.4) is 0 Å². The monoisotopic (exact) mass is 287 g/mol. The highest BCUT2D eigenvalue weighted by atomic mass is 19.1. The number of benzene rings is 2. The molecular formula is C17H18FNO2. The number of ether oxygens (including phenoxy) is 1. The van der Waals surface area contributed by atoms with Crippen LogP contribution in [0.2, 0.25) is 0 Å². The van der Waals surface area contributed by atoms with Gasteiger partial charge in [-0.2, -0.15) is 0 Å². The van der Waals surface area contributed by atoms with Gasteiger partial charge in [-0.1, -0.05) is 24.3 Å². The van der Waals surface area contributed by atoms with Crippen LogP contribution in [0.4, 0.5) is 4.39 Å². The summed E-state index contributed by atoms with van der Waals surface area (Å²) in [6.45, 7) is 2.14. The van der Waals surface area contributed by atoms with E-state index < -0.39 is 5.60 Å². The van der Waals surface area contributed by atoms with E-state index in [0.29, 0.717) is 22.4 Å². The molecule has 3 rings (SSSR count). The van der Waals surface area contributed by atoms with Gasteiger partial charge in [-0.15, -0.1) is 0 Å². The lowest BCUT2D eigenvalue weighted by Crippen LogP contribution is -2.46. The summed E-state index contributed by atoms with van der Waals surface area (Å²) in [6, 6.07) is 11.6. The average molecular weight is 287 g/mol. The van der Waals surface area contributed by atoms with Crippen LogP contribution in [0, 0.1) is 5.82 Å². The second-order valence-electron chi connectivity index (χ2n) is 5.36. The summed E-state index contributed by atoms with van der Waals surface area (Å²) in [5.41, 5.74) is 0.758. The van der Waals surface area contributed by atoms with Crippen LogP contribution >= 0.6 is 0 Å². The number of nitrogens with one attached hydrogen (secondary N) is 1. The van der Waals surface area contributed by atoms with Crippen molar-refractivity contribution in [3.63, 3.8) is 0 Å². The third-order valence-electron chi connectivity index (χ3n) is 4.22. The number of para-hydroxylation sites is 1. The van der Waals surface area contributed by atoms with Gasteiger partial charge in [0, 0.05) is 11.6 Å². The zero-order valence-corrected chi connectivity index (χ0v) is 12.1. The molecule has 2 N–H and O–H groups in total. The summed E-state index contributed by atoms with van der Waals surface area (Å²) < 4.78 is 19.3. The molecule has 0 amide bonds. The highest BCUT2D eigenvalue weighted by Gasteiger charge is 2.42. The predicted molar refractivity (Wildman–Crippen MR) is 78.7 cm³/mol. The molecule has 1 aliphatic heterocycles. The first-order valence-corrected chi connectivity index (χ1v) is 6.98. The van der Waals surface area contributed by atoms with E-state index >= 15 is 0 Å². The van der Waals surface area contributed by atoms with Crippen molar-refractivity contribution in [2.45, 2.75) is 25.2 Å². The van der Waals surface area contributed by atoms with Gasteiger partial charge >= 0.3 is 0 Å². The number of aliphatic hydroxyl groups is 1. The van der Waals surface area contributed by atoms with Gasteiger partial charge in [-0.05, 0) is 43.3 Å². The molecule has 0 radical (unpaired) electrons. The molecule has 1 heterocycles. The third-order valence-corrected chi connectivity index (χ3v) is 4.22. The summed E-state index contributed by atoms with van der Waals surface area (Å²) >= 11 is 0. The Balaban J connectivity index is 2.30. The molecular weight excluding hydrogens is 269 g/mol. The first-order chi connectivity index (χ1) is 10.1.